The molecule has 0 atom stereocenters. The molecule has 4 nitrogen and oxygen atoms in total. The molecule has 0 unspecified atom stereocenters. The van der Waals surface area contributed by atoms with Crippen LogP contribution in [0, 0.1) is 6.20 Å². The maximum absolute atomic E-state index is 5.85. The van der Waals surface area contributed by atoms with Gasteiger partial charge in [0.25, 0.3) is 0 Å². The van der Waals surface area contributed by atoms with Gasteiger partial charge < -0.3 is 32.4 Å². The molecule has 2 aromatic heterocycles. The molecule has 4 heterocycles. The number of hydrogen-bond donors (Lipinski definition) is 2. The Labute approximate surface area is 239 Å². The van der Waals surface area contributed by atoms with E-state index in [-0.39, 0.29) is 53.1 Å². The number of nitrogens with one attached hydrogen (secondary N) is 2. The smallest absolute Gasteiger partial charge is 1.00 e. The molecular formula is C26H22B2BrClMgN4. The van der Waals surface area contributed by atoms with Gasteiger partial charge in [0.1, 0.15) is 0 Å². The summed E-state index contributed by atoms with van der Waals surface area (Å²) in [5.41, 5.74) is 5.75. The van der Waals surface area contributed by atoms with Crippen molar-refractivity contribution < 1.29 is 17.0 Å². The average Bonchev–Trinajstić information content (AvgIpc) is 2.90. The maximum atomic E-state index is 5.85. The summed E-state index contributed by atoms with van der Waals surface area (Å²) in [6.45, 7) is 0.177. The largest absolute Gasteiger partial charge is 2.00 e. The Balaban J connectivity index is 0.000000199. The third-order valence-corrected chi connectivity index (χ3v) is 5.22. The second-order valence-corrected chi connectivity index (χ2v) is 7.74. The van der Waals surface area contributed by atoms with E-state index in [1.807, 2.05) is 78.9 Å². The molecule has 0 fully saturated rings. The quantitative estimate of drug-likeness (QED) is 0.280. The molecule has 0 bridgehead atoms. The van der Waals surface area contributed by atoms with Gasteiger partial charge in [-0.15, -0.1) is 0 Å². The van der Waals surface area contributed by atoms with E-state index in [0.29, 0.717) is 0 Å². The minimum Gasteiger partial charge on any atom is -1.00 e. The predicted molar refractivity (Wildman–Crippen MR) is 148 cm³/mol. The van der Waals surface area contributed by atoms with Crippen LogP contribution in [0.15, 0.2) is 109 Å². The number of nitrogens with zero attached hydrogens (tertiary/aromatic N) is 2. The van der Waals surface area contributed by atoms with Crippen molar-refractivity contribution in [3.8, 4) is 0 Å². The fourth-order valence-corrected chi connectivity index (χ4v) is 3.55. The van der Waals surface area contributed by atoms with Crippen LogP contribution in [0.3, 0.4) is 0 Å². The SMILES string of the molecule is C1=Cc2ccccc2NB1c1ccccn1.ClB1C=Cc2ccccc2N1.[Br-].[Mg+2].[c-]1ccccn1. The Morgan fingerprint density at radius 3 is 1.91 bits per heavy atom. The summed E-state index contributed by atoms with van der Waals surface area (Å²) in [7, 11) is 0. The van der Waals surface area contributed by atoms with Crippen molar-refractivity contribution in [2.24, 2.45) is 0 Å². The molecule has 0 amide bonds. The van der Waals surface area contributed by atoms with Crippen molar-refractivity contribution in [3.63, 3.8) is 0 Å². The van der Waals surface area contributed by atoms with E-state index >= 15 is 0 Å². The number of rotatable bonds is 1. The van der Waals surface area contributed by atoms with Gasteiger partial charge in [-0.25, -0.2) is 0 Å². The van der Waals surface area contributed by atoms with Crippen molar-refractivity contribution in [2.45, 2.75) is 0 Å². The molecule has 6 rings (SSSR count). The molecule has 2 aliphatic rings. The summed E-state index contributed by atoms with van der Waals surface area (Å²) in [5.74, 6) is 4.08. The molecule has 0 saturated carbocycles. The van der Waals surface area contributed by atoms with Crippen LogP contribution in [0.2, 0.25) is 0 Å². The third-order valence-electron chi connectivity index (χ3n) is 4.96. The van der Waals surface area contributed by atoms with E-state index in [2.05, 4.69) is 56.9 Å². The Morgan fingerprint density at radius 1 is 0.714 bits per heavy atom. The Hall–Kier alpha value is -2.51. The first-order chi connectivity index (χ1) is 16.3. The standard InChI is InChI=1S/C13H11BN2.C8H7BClN.C5H4N.BrH.Mg/c1-2-6-12-11(5-1)8-9-14(16-12)13-7-3-4-10-15-13;10-9-6-5-7-3-1-2-4-8(7)11-9;1-2-4-6-5-3-1;;/h1-10,16H;1-6,11H;1-4H;1H;/q;;-1;;+2/p-1. The zero-order valence-corrected chi connectivity index (χ0v) is 22.8. The van der Waals surface area contributed by atoms with E-state index in [1.165, 1.54) is 16.8 Å². The number of anilines is 2. The molecular weight excluding hydrogens is 530 g/mol. The van der Waals surface area contributed by atoms with Crippen molar-refractivity contribution >= 4 is 76.7 Å². The summed E-state index contributed by atoms with van der Waals surface area (Å²) >= 11 is 5.85. The van der Waals surface area contributed by atoms with Crippen LogP contribution in [0.25, 0.3) is 12.2 Å². The van der Waals surface area contributed by atoms with Gasteiger partial charge >= 0.3 is 36.2 Å². The number of pyridine rings is 2. The van der Waals surface area contributed by atoms with Crippen molar-refractivity contribution in [3.05, 3.63) is 127 Å². The number of halogens is 2. The molecule has 168 valence electrons. The van der Waals surface area contributed by atoms with Gasteiger partial charge in [-0.1, -0.05) is 79.0 Å². The molecule has 2 aliphatic heterocycles. The fourth-order valence-electron chi connectivity index (χ4n) is 3.36. The number of benzene rings is 2. The molecule has 35 heavy (non-hydrogen) atoms. The average molecular weight is 552 g/mol. The van der Waals surface area contributed by atoms with Crippen molar-refractivity contribution in [1.82, 2.24) is 9.97 Å². The Kier molecular flexibility index (Phi) is 12.7. The van der Waals surface area contributed by atoms with Crippen LogP contribution in [0.1, 0.15) is 11.1 Å². The van der Waals surface area contributed by atoms with Crippen molar-refractivity contribution in [1.29, 1.82) is 0 Å². The summed E-state index contributed by atoms with van der Waals surface area (Å²) < 4.78 is 0. The van der Waals surface area contributed by atoms with Crippen LogP contribution in [0.4, 0.5) is 11.4 Å². The van der Waals surface area contributed by atoms with Gasteiger partial charge in [0.05, 0.1) is 0 Å². The van der Waals surface area contributed by atoms with Gasteiger partial charge in [0.2, 0.25) is 0 Å². The Bertz CT molecular complexity index is 1190. The minimum atomic E-state index is -0.0649. The third kappa shape index (κ3) is 8.89. The van der Waals surface area contributed by atoms with E-state index < -0.39 is 0 Å². The number of aromatic nitrogens is 2. The molecule has 2 aromatic carbocycles. The predicted octanol–water partition coefficient (Wildman–Crippen LogP) is 1.85. The first-order valence-corrected chi connectivity index (χ1v) is 11.1. The number of fused-ring (bicyclic) bond motifs is 2. The topological polar surface area (TPSA) is 49.8 Å². The molecule has 0 aliphatic carbocycles. The summed E-state index contributed by atoms with van der Waals surface area (Å²) in [5, 5.41) is 6.60. The number of hydrogen-bond acceptors (Lipinski definition) is 4. The Morgan fingerprint density at radius 2 is 1.34 bits per heavy atom. The molecule has 9 heteroatoms. The molecule has 0 saturated heterocycles. The fraction of sp³-hybridized carbons (Fsp3) is 0. The van der Waals surface area contributed by atoms with Gasteiger partial charge in [-0.2, -0.15) is 29.7 Å². The molecule has 4 aromatic rings. The first kappa shape index (κ1) is 28.7. The molecule has 2 N–H and O–H groups in total. The van der Waals surface area contributed by atoms with E-state index in [4.69, 9.17) is 11.5 Å². The minimum absolute atomic E-state index is 0. The second kappa shape index (κ2) is 15.5. The van der Waals surface area contributed by atoms with Crippen LogP contribution < -0.4 is 33.0 Å². The van der Waals surface area contributed by atoms with E-state index in [0.717, 1.165) is 11.3 Å². The van der Waals surface area contributed by atoms with Gasteiger partial charge in [0.15, 0.2) is 0 Å². The zero-order chi connectivity index (χ0) is 22.7. The van der Waals surface area contributed by atoms with Crippen molar-refractivity contribution in [2.75, 3.05) is 10.5 Å². The number of para-hydroxylation sites is 2. The monoisotopic (exact) mass is 550 g/mol. The molecule has 0 radical (unpaired) electrons. The van der Waals surface area contributed by atoms with Crippen LogP contribution >= 0.6 is 11.5 Å². The van der Waals surface area contributed by atoms with Gasteiger partial charge in [-0.05, 0) is 35.4 Å². The molecule has 0 spiro atoms. The van der Waals surface area contributed by atoms with Crippen LogP contribution in [-0.2, 0) is 0 Å². The summed E-state index contributed by atoms with van der Waals surface area (Å²) in [6, 6.07) is 27.9. The van der Waals surface area contributed by atoms with E-state index in [9.17, 15) is 0 Å². The maximum Gasteiger partial charge on any atom is 2.00 e. The van der Waals surface area contributed by atoms with Gasteiger partial charge in [-0.3, -0.25) is 4.98 Å². The van der Waals surface area contributed by atoms with Crippen LogP contribution in [-0.4, -0.2) is 46.1 Å². The zero-order valence-electron chi connectivity index (χ0n) is 19.1. The second-order valence-electron chi connectivity index (χ2n) is 7.27. The van der Waals surface area contributed by atoms with Crippen LogP contribution in [0.5, 0.6) is 0 Å². The summed E-state index contributed by atoms with van der Waals surface area (Å²) in [4.78, 5) is 8.02. The van der Waals surface area contributed by atoms with E-state index in [1.54, 1.807) is 12.3 Å². The normalized spacial score (nSPS) is 11.8. The van der Waals surface area contributed by atoms with Gasteiger partial charge in [0, 0.05) is 23.2 Å². The summed E-state index contributed by atoms with van der Waals surface area (Å²) in [6.07, 6.45) is 10.3. The first-order valence-electron chi connectivity index (χ1n) is 10.7.